The van der Waals surface area contributed by atoms with Crippen molar-refractivity contribution in [2.75, 3.05) is 13.1 Å². The molecule has 2 aromatic rings. The predicted octanol–water partition coefficient (Wildman–Crippen LogP) is 2.73. The summed E-state index contributed by atoms with van der Waals surface area (Å²) >= 11 is 3.47. The molecule has 16 heavy (non-hydrogen) atoms. The molecule has 1 N–H and O–H groups in total. The van der Waals surface area contributed by atoms with E-state index in [9.17, 15) is 0 Å². The van der Waals surface area contributed by atoms with Crippen LogP contribution in [0.5, 0.6) is 0 Å². The van der Waals surface area contributed by atoms with E-state index in [1.807, 2.05) is 0 Å². The van der Waals surface area contributed by atoms with Gasteiger partial charge in [-0.15, -0.1) is 21.5 Å². The van der Waals surface area contributed by atoms with Gasteiger partial charge in [-0.3, -0.25) is 0 Å². The molecule has 1 aliphatic heterocycles. The van der Waals surface area contributed by atoms with Gasteiger partial charge in [0.2, 0.25) is 0 Å². The SMILES string of the molecule is c1csc(-c2nnc([C@H]3CCCNC3)s2)c1. The van der Waals surface area contributed by atoms with E-state index in [-0.39, 0.29) is 0 Å². The summed E-state index contributed by atoms with van der Waals surface area (Å²) < 4.78 is 0. The zero-order valence-corrected chi connectivity index (χ0v) is 10.5. The lowest BCUT2D eigenvalue weighted by Crippen LogP contribution is -2.28. The van der Waals surface area contributed by atoms with Crippen LogP contribution < -0.4 is 5.32 Å². The molecule has 3 heterocycles. The first-order chi connectivity index (χ1) is 7.93. The average molecular weight is 251 g/mol. The Bertz CT molecular complexity index is 444. The zero-order chi connectivity index (χ0) is 10.8. The first-order valence-electron chi connectivity index (χ1n) is 5.51. The van der Waals surface area contributed by atoms with E-state index < -0.39 is 0 Å². The third-order valence-corrected chi connectivity index (χ3v) is 4.94. The van der Waals surface area contributed by atoms with Crippen LogP contribution in [0.4, 0.5) is 0 Å². The lowest BCUT2D eigenvalue weighted by Gasteiger charge is -2.19. The van der Waals surface area contributed by atoms with E-state index >= 15 is 0 Å². The summed E-state index contributed by atoms with van der Waals surface area (Å²) in [6.45, 7) is 2.20. The lowest BCUT2D eigenvalue weighted by atomic mass is 10.0. The monoisotopic (exact) mass is 251 g/mol. The normalized spacial score (nSPS) is 21.1. The highest BCUT2D eigenvalue weighted by atomic mass is 32.1. The topological polar surface area (TPSA) is 37.8 Å². The van der Waals surface area contributed by atoms with Gasteiger partial charge in [0.1, 0.15) is 5.01 Å². The summed E-state index contributed by atoms with van der Waals surface area (Å²) in [5.41, 5.74) is 0. The molecule has 0 radical (unpaired) electrons. The van der Waals surface area contributed by atoms with Crippen molar-refractivity contribution in [3.05, 3.63) is 22.5 Å². The quantitative estimate of drug-likeness (QED) is 0.892. The molecule has 1 atom stereocenters. The maximum Gasteiger partial charge on any atom is 0.157 e. The summed E-state index contributed by atoms with van der Waals surface area (Å²) in [5.74, 6) is 0.569. The predicted molar refractivity (Wildman–Crippen MR) is 68.1 cm³/mol. The highest BCUT2D eigenvalue weighted by Crippen LogP contribution is 2.32. The molecule has 3 rings (SSSR count). The van der Waals surface area contributed by atoms with Gasteiger partial charge in [-0.1, -0.05) is 17.4 Å². The molecule has 1 aliphatic rings. The highest BCUT2D eigenvalue weighted by molar-refractivity contribution is 7.20. The Morgan fingerprint density at radius 2 is 2.38 bits per heavy atom. The molecule has 5 heteroatoms. The summed E-state index contributed by atoms with van der Waals surface area (Å²) in [6, 6.07) is 4.16. The van der Waals surface area contributed by atoms with Crippen LogP contribution in [0.2, 0.25) is 0 Å². The molecular weight excluding hydrogens is 238 g/mol. The highest BCUT2D eigenvalue weighted by Gasteiger charge is 2.19. The van der Waals surface area contributed by atoms with Gasteiger partial charge in [-0.2, -0.15) is 0 Å². The summed E-state index contributed by atoms with van der Waals surface area (Å²) in [6.07, 6.45) is 2.49. The van der Waals surface area contributed by atoms with E-state index in [1.165, 1.54) is 22.7 Å². The summed E-state index contributed by atoms with van der Waals surface area (Å²) in [7, 11) is 0. The van der Waals surface area contributed by atoms with E-state index in [0.717, 1.165) is 18.1 Å². The van der Waals surface area contributed by atoms with Crippen molar-refractivity contribution in [2.45, 2.75) is 18.8 Å². The molecule has 1 fully saturated rings. The maximum atomic E-state index is 4.33. The van der Waals surface area contributed by atoms with Crippen LogP contribution in [-0.2, 0) is 0 Å². The smallest absolute Gasteiger partial charge is 0.157 e. The molecule has 0 amide bonds. The number of nitrogens with zero attached hydrogens (tertiary/aromatic N) is 2. The third kappa shape index (κ3) is 2.03. The number of aromatic nitrogens is 2. The Balaban J connectivity index is 1.82. The number of rotatable bonds is 2. The van der Waals surface area contributed by atoms with Gasteiger partial charge < -0.3 is 5.32 Å². The minimum atomic E-state index is 0.569. The standard InChI is InChI=1S/C11H13N3S2/c1-3-8(7-12-5-1)10-13-14-11(16-10)9-4-2-6-15-9/h2,4,6,8,12H,1,3,5,7H2/t8-/m0/s1. The van der Waals surface area contributed by atoms with Crippen LogP contribution in [0.3, 0.4) is 0 Å². The minimum absolute atomic E-state index is 0.569. The number of nitrogens with one attached hydrogen (secondary N) is 1. The Hall–Kier alpha value is -0.780. The van der Waals surface area contributed by atoms with E-state index in [0.29, 0.717) is 5.92 Å². The molecule has 2 aromatic heterocycles. The van der Waals surface area contributed by atoms with Gasteiger partial charge in [-0.05, 0) is 30.8 Å². The van der Waals surface area contributed by atoms with Crippen molar-refractivity contribution in [3.8, 4) is 9.88 Å². The fourth-order valence-electron chi connectivity index (χ4n) is 1.96. The number of piperidine rings is 1. The van der Waals surface area contributed by atoms with E-state index in [4.69, 9.17) is 0 Å². The Morgan fingerprint density at radius 3 is 3.12 bits per heavy atom. The number of thiophene rings is 1. The molecule has 0 aromatic carbocycles. The molecule has 84 valence electrons. The summed E-state index contributed by atoms with van der Waals surface area (Å²) in [4.78, 5) is 1.23. The van der Waals surface area contributed by atoms with E-state index in [2.05, 4.69) is 33.0 Å². The van der Waals surface area contributed by atoms with Crippen LogP contribution in [0.15, 0.2) is 17.5 Å². The fraction of sp³-hybridized carbons (Fsp3) is 0.455. The molecular formula is C11H13N3S2. The zero-order valence-electron chi connectivity index (χ0n) is 8.85. The van der Waals surface area contributed by atoms with Crippen LogP contribution in [0.1, 0.15) is 23.8 Å². The van der Waals surface area contributed by atoms with Crippen molar-refractivity contribution < 1.29 is 0 Å². The van der Waals surface area contributed by atoms with Gasteiger partial charge in [0.25, 0.3) is 0 Å². The second-order valence-corrected chi connectivity index (χ2v) is 5.92. The average Bonchev–Trinajstić information content (AvgIpc) is 3.01. The Labute approximate surface area is 103 Å². The fourth-order valence-corrected chi connectivity index (χ4v) is 3.73. The first-order valence-corrected chi connectivity index (χ1v) is 7.21. The van der Waals surface area contributed by atoms with Crippen molar-refractivity contribution in [1.82, 2.24) is 15.5 Å². The first kappa shape index (κ1) is 10.4. The minimum Gasteiger partial charge on any atom is -0.316 e. The summed E-state index contributed by atoms with van der Waals surface area (Å²) in [5, 5.41) is 16.4. The van der Waals surface area contributed by atoms with Crippen molar-refractivity contribution >= 4 is 22.7 Å². The van der Waals surface area contributed by atoms with Crippen molar-refractivity contribution in [3.63, 3.8) is 0 Å². The van der Waals surface area contributed by atoms with Gasteiger partial charge in [0, 0.05) is 12.5 Å². The van der Waals surface area contributed by atoms with Gasteiger partial charge in [-0.25, -0.2) is 0 Å². The number of hydrogen-bond donors (Lipinski definition) is 1. The molecule has 0 saturated carbocycles. The lowest BCUT2D eigenvalue weighted by molar-refractivity contribution is 0.458. The van der Waals surface area contributed by atoms with Crippen LogP contribution >= 0.6 is 22.7 Å². The maximum absolute atomic E-state index is 4.33. The van der Waals surface area contributed by atoms with Crippen LogP contribution in [-0.4, -0.2) is 23.3 Å². The van der Waals surface area contributed by atoms with Crippen LogP contribution in [0, 0.1) is 0 Å². The molecule has 3 nitrogen and oxygen atoms in total. The largest absolute Gasteiger partial charge is 0.316 e. The van der Waals surface area contributed by atoms with Crippen LogP contribution in [0.25, 0.3) is 9.88 Å². The second kappa shape index (κ2) is 4.61. The second-order valence-electron chi connectivity index (χ2n) is 3.97. The van der Waals surface area contributed by atoms with Gasteiger partial charge >= 0.3 is 0 Å². The van der Waals surface area contributed by atoms with Gasteiger partial charge in [0.05, 0.1) is 4.88 Å². The molecule has 0 unspecified atom stereocenters. The third-order valence-electron chi connectivity index (χ3n) is 2.82. The Kier molecular flexibility index (Phi) is 2.99. The van der Waals surface area contributed by atoms with E-state index in [1.54, 1.807) is 22.7 Å². The molecule has 0 spiro atoms. The molecule has 0 aliphatic carbocycles. The molecule has 0 bridgehead atoms. The van der Waals surface area contributed by atoms with Crippen molar-refractivity contribution in [1.29, 1.82) is 0 Å². The molecule has 1 saturated heterocycles. The van der Waals surface area contributed by atoms with Gasteiger partial charge in [0.15, 0.2) is 5.01 Å². The Morgan fingerprint density at radius 1 is 1.38 bits per heavy atom. The van der Waals surface area contributed by atoms with Crippen molar-refractivity contribution in [2.24, 2.45) is 0 Å². The number of hydrogen-bond acceptors (Lipinski definition) is 5.